The van der Waals surface area contributed by atoms with Crippen LogP contribution >= 0.6 is 12.2 Å². The van der Waals surface area contributed by atoms with Crippen LogP contribution in [0, 0.1) is 18.6 Å². The zero-order valence-corrected chi connectivity index (χ0v) is 15.2. The molecule has 0 fully saturated rings. The van der Waals surface area contributed by atoms with Crippen molar-refractivity contribution in [3.05, 3.63) is 58.4 Å². The van der Waals surface area contributed by atoms with Crippen molar-refractivity contribution in [2.45, 2.75) is 26.4 Å². The number of rotatable bonds is 5. The van der Waals surface area contributed by atoms with Crippen molar-refractivity contribution in [2.75, 3.05) is 0 Å². The predicted octanol–water partition coefficient (Wildman–Crippen LogP) is 5.45. The standard InChI is InChI=1S/C18H15F4N3OS/c1-10-6-7-14(11(2)8-10)25-15(23-24-17(25)27)12-4-3-5-13(9-12)26-18(21,22)16(19)20/h3-9,16H,1-2H3,(H,24,27). The largest absolute Gasteiger partial charge is 0.461 e. The van der Waals surface area contributed by atoms with Crippen molar-refractivity contribution in [3.8, 4) is 22.8 Å². The Hall–Kier alpha value is -2.68. The minimum absolute atomic E-state index is 0.307. The molecule has 0 unspecified atom stereocenters. The average Bonchev–Trinajstić information content (AvgIpc) is 2.96. The second-order valence-corrected chi connectivity index (χ2v) is 6.36. The molecule has 0 aliphatic rings. The zero-order valence-electron chi connectivity index (χ0n) is 14.3. The van der Waals surface area contributed by atoms with Crippen LogP contribution in [0.3, 0.4) is 0 Å². The molecule has 0 saturated carbocycles. The normalized spacial score (nSPS) is 11.8. The van der Waals surface area contributed by atoms with Gasteiger partial charge in [-0.05, 0) is 49.8 Å². The number of aryl methyl sites for hydroxylation is 2. The highest BCUT2D eigenvalue weighted by atomic mass is 32.1. The number of hydrogen-bond donors (Lipinski definition) is 1. The van der Waals surface area contributed by atoms with Gasteiger partial charge in [0.1, 0.15) is 5.75 Å². The van der Waals surface area contributed by atoms with E-state index in [4.69, 9.17) is 12.2 Å². The molecule has 0 aliphatic heterocycles. The highest BCUT2D eigenvalue weighted by Gasteiger charge is 2.44. The maximum absolute atomic E-state index is 13.2. The van der Waals surface area contributed by atoms with E-state index in [1.54, 1.807) is 10.6 Å². The number of aromatic amines is 1. The fraction of sp³-hybridized carbons (Fsp3) is 0.222. The number of alkyl halides is 4. The first kappa shape index (κ1) is 19.1. The van der Waals surface area contributed by atoms with Gasteiger partial charge in [-0.3, -0.25) is 9.67 Å². The highest BCUT2D eigenvalue weighted by molar-refractivity contribution is 7.71. The van der Waals surface area contributed by atoms with E-state index in [1.807, 2.05) is 32.0 Å². The molecule has 27 heavy (non-hydrogen) atoms. The number of H-pyrrole nitrogens is 1. The third-order valence-corrected chi connectivity index (χ3v) is 4.14. The third-order valence-electron chi connectivity index (χ3n) is 3.87. The van der Waals surface area contributed by atoms with E-state index in [0.717, 1.165) is 16.8 Å². The average molecular weight is 397 g/mol. The van der Waals surface area contributed by atoms with E-state index in [-0.39, 0.29) is 0 Å². The second-order valence-electron chi connectivity index (χ2n) is 5.97. The van der Waals surface area contributed by atoms with Crippen LogP contribution in [0.15, 0.2) is 42.5 Å². The van der Waals surface area contributed by atoms with Gasteiger partial charge in [-0.25, -0.2) is 0 Å². The summed E-state index contributed by atoms with van der Waals surface area (Å²) in [7, 11) is 0. The first-order chi connectivity index (χ1) is 12.7. The number of nitrogens with zero attached hydrogens (tertiary/aromatic N) is 2. The van der Waals surface area contributed by atoms with Gasteiger partial charge in [0.15, 0.2) is 10.6 Å². The van der Waals surface area contributed by atoms with Crippen LogP contribution in [-0.2, 0) is 0 Å². The van der Waals surface area contributed by atoms with Crippen LogP contribution in [-0.4, -0.2) is 27.3 Å². The summed E-state index contributed by atoms with van der Waals surface area (Å²) in [5, 5.41) is 6.82. The molecule has 0 atom stereocenters. The second kappa shape index (κ2) is 7.15. The summed E-state index contributed by atoms with van der Waals surface area (Å²) < 4.78 is 57.2. The molecule has 0 spiro atoms. The first-order valence-electron chi connectivity index (χ1n) is 7.89. The molecule has 1 aromatic heterocycles. The molecule has 0 amide bonds. The Balaban J connectivity index is 2.06. The van der Waals surface area contributed by atoms with Crippen LogP contribution in [0.25, 0.3) is 17.1 Å². The Morgan fingerprint density at radius 1 is 1.15 bits per heavy atom. The zero-order chi connectivity index (χ0) is 19.8. The molecular formula is C18H15F4N3OS. The lowest BCUT2D eigenvalue weighted by Gasteiger charge is -2.17. The summed E-state index contributed by atoms with van der Waals surface area (Å²) in [6.45, 7) is 3.86. The number of halogens is 4. The van der Waals surface area contributed by atoms with E-state index in [0.29, 0.717) is 16.2 Å². The third kappa shape index (κ3) is 3.87. The Morgan fingerprint density at radius 3 is 2.56 bits per heavy atom. The molecule has 0 aliphatic carbocycles. The van der Waals surface area contributed by atoms with Gasteiger partial charge < -0.3 is 4.74 Å². The van der Waals surface area contributed by atoms with Gasteiger partial charge in [0, 0.05) is 5.56 Å². The monoisotopic (exact) mass is 397 g/mol. The summed E-state index contributed by atoms with van der Waals surface area (Å²) >= 11 is 5.30. The van der Waals surface area contributed by atoms with Crippen LogP contribution in [0.1, 0.15) is 11.1 Å². The molecule has 3 rings (SSSR count). The lowest BCUT2D eigenvalue weighted by atomic mass is 10.1. The van der Waals surface area contributed by atoms with Crippen molar-refractivity contribution in [3.63, 3.8) is 0 Å². The van der Waals surface area contributed by atoms with Crippen molar-refractivity contribution in [1.29, 1.82) is 0 Å². The number of ether oxygens (including phenoxy) is 1. The van der Waals surface area contributed by atoms with Gasteiger partial charge in [0.05, 0.1) is 5.69 Å². The number of nitrogens with one attached hydrogen (secondary N) is 1. The summed E-state index contributed by atoms with van der Waals surface area (Å²) in [5.74, 6) is -0.0586. The lowest BCUT2D eigenvalue weighted by Crippen LogP contribution is -2.33. The molecule has 2 aromatic carbocycles. The maximum atomic E-state index is 13.2. The van der Waals surface area contributed by atoms with Crippen LogP contribution in [0.4, 0.5) is 17.6 Å². The molecule has 0 radical (unpaired) electrons. The van der Waals surface area contributed by atoms with Gasteiger partial charge in [-0.15, -0.1) is 0 Å². The minimum atomic E-state index is -4.59. The van der Waals surface area contributed by atoms with Gasteiger partial charge in [-0.1, -0.05) is 29.8 Å². The molecule has 1 N–H and O–H groups in total. The van der Waals surface area contributed by atoms with Crippen LogP contribution in [0.5, 0.6) is 5.75 Å². The first-order valence-corrected chi connectivity index (χ1v) is 8.30. The molecule has 9 heteroatoms. The van der Waals surface area contributed by atoms with E-state index >= 15 is 0 Å². The number of benzene rings is 2. The predicted molar refractivity (Wildman–Crippen MR) is 95.2 cm³/mol. The smallest absolute Gasteiger partial charge is 0.428 e. The van der Waals surface area contributed by atoms with Gasteiger partial charge in [0.25, 0.3) is 0 Å². The summed E-state index contributed by atoms with van der Waals surface area (Å²) in [6, 6.07) is 11.1. The number of hydrogen-bond acceptors (Lipinski definition) is 3. The van der Waals surface area contributed by atoms with Crippen molar-refractivity contribution < 1.29 is 22.3 Å². The van der Waals surface area contributed by atoms with Crippen molar-refractivity contribution >= 4 is 12.2 Å². The van der Waals surface area contributed by atoms with Crippen molar-refractivity contribution in [2.24, 2.45) is 0 Å². The molecule has 142 valence electrons. The Morgan fingerprint density at radius 2 is 1.89 bits per heavy atom. The van der Waals surface area contributed by atoms with Gasteiger partial charge in [0.2, 0.25) is 0 Å². The van der Waals surface area contributed by atoms with Gasteiger partial charge in [-0.2, -0.15) is 22.7 Å². The van der Waals surface area contributed by atoms with Crippen molar-refractivity contribution in [1.82, 2.24) is 14.8 Å². The van der Waals surface area contributed by atoms with E-state index in [1.165, 1.54) is 18.2 Å². The Labute approximate surface area is 157 Å². The van der Waals surface area contributed by atoms with Crippen LogP contribution in [0.2, 0.25) is 0 Å². The molecule has 3 aromatic rings. The molecular weight excluding hydrogens is 382 g/mol. The summed E-state index contributed by atoms with van der Waals surface area (Å²) in [4.78, 5) is 0. The lowest BCUT2D eigenvalue weighted by molar-refractivity contribution is -0.253. The fourth-order valence-corrected chi connectivity index (χ4v) is 2.90. The Kier molecular flexibility index (Phi) is 5.05. The SMILES string of the molecule is Cc1ccc(-n2c(-c3cccc(OC(F)(F)C(F)F)c3)n[nH]c2=S)c(C)c1. The number of aromatic nitrogens is 3. The molecule has 4 nitrogen and oxygen atoms in total. The molecule has 0 bridgehead atoms. The van der Waals surface area contributed by atoms with E-state index in [2.05, 4.69) is 14.9 Å². The van der Waals surface area contributed by atoms with E-state index in [9.17, 15) is 17.6 Å². The van der Waals surface area contributed by atoms with Crippen LogP contribution < -0.4 is 4.74 Å². The summed E-state index contributed by atoms with van der Waals surface area (Å²) in [6.07, 6.45) is -8.53. The fourth-order valence-electron chi connectivity index (χ4n) is 2.67. The van der Waals surface area contributed by atoms with E-state index < -0.39 is 18.3 Å². The quantitative estimate of drug-likeness (QED) is 0.460. The molecule has 0 saturated heterocycles. The maximum Gasteiger partial charge on any atom is 0.461 e. The molecule has 1 heterocycles. The minimum Gasteiger partial charge on any atom is -0.428 e. The van der Waals surface area contributed by atoms with Gasteiger partial charge >= 0.3 is 12.5 Å². The topological polar surface area (TPSA) is 42.8 Å². The highest BCUT2D eigenvalue weighted by Crippen LogP contribution is 2.31. The Bertz CT molecular complexity index is 1030. The summed E-state index contributed by atoms with van der Waals surface area (Å²) in [5.41, 5.74) is 3.14.